The highest BCUT2D eigenvalue weighted by Gasteiger charge is 2.71. The van der Waals surface area contributed by atoms with Gasteiger partial charge in [0.15, 0.2) is 0 Å². The van der Waals surface area contributed by atoms with Crippen LogP contribution in [0.1, 0.15) is 99.3 Å². The summed E-state index contributed by atoms with van der Waals surface area (Å²) in [5.74, 6) is -1.71. The molecule has 6 nitrogen and oxygen atoms in total. The molecule has 5 aliphatic carbocycles. The minimum absolute atomic E-state index is 0.0314. The minimum Gasteiger partial charge on any atom is -0.481 e. The molecule has 0 amide bonds. The van der Waals surface area contributed by atoms with Gasteiger partial charge in [0.05, 0.1) is 23.0 Å². The molecule has 0 aliphatic heterocycles. The molecule has 4 N–H and O–H groups in total. The van der Waals surface area contributed by atoms with Gasteiger partial charge in [-0.15, -0.1) is 0 Å². The van der Waals surface area contributed by atoms with Crippen molar-refractivity contribution in [3.63, 3.8) is 0 Å². The van der Waals surface area contributed by atoms with Crippen molar-refractivity contribution in [1.82, 2.24) is 0 Å². The van der Waals surface area contributed by atoms with E-state index in [-0.39, 0.29) is 34.0 Å². The van der Waals surface area contributed by atoms with E-state index in [1.165, 1.54) is 5.57 Å². The van der Waals surface area contributed by atoms with E-state index < -0.39 is 40.4 Å². The Morgan fingerprint density at radius 1 is 0.833 bits per heavy atom. The van der Waals surface area contributed by atoms with Crippen LogP contribution >= 0.6 is 0 Å². The Morgan fingerprint density at radius 2 is 1.47 bits per heavy atom. The van der Waals surface area contributed by atoms with Crippen molar-refractivity contribution in [2.75, 3.05) is 0 Å². The van der Waals surface area contributed by atoms with Crippen molar-refractivity contribution in [2.45, 2.75) is 112 Å². The standard InChI is InChI=1S/C30H46O6/c1-25(2)11-13-30(24(35)36)14-12-27(4)17(18(30)15-25)7-8-20-26(3)16-19(31)22(32)29(6,23(33)34)21(26)9-10-28(20,27)5/h7,18-22,31-32H,8-16H2,1-6H3,(H,33,34)(H,35,36)/t18?,19-,20?,21?,22-,26+,27+,28+,29-,30-/m0/s1. The molecule has 0 bridgehead atoms. The monoisotopic (exact) mass is 502 g/mol. The molecule has 4 saturated carbocycles. The van der Waals surface area contributed by atoms with Crippen LogP contribution in [-0.2, 0) is 9.59 Å². The van der Waals surface area contributed by atoms with Crippen molar-refractivity contribution in [1.29, 1.82) is 0 Å². The van der Waals surface area contributed by atoms with Crippen LogP contribution in [0.3, 0.4) is 0 Å². The molecule has 5 rings (SSSR count). The number of carboxylic acids is 2. The van der Waals surface area contributed by atoms with Crippen LogP contribution in [-0.4, -0.2) is 44.6 Å². The molecule has 0 spiro atoms. The first-order valence-corrected chi connectivity index (χ1v) is 14.0. The third kappa shape index (κ3) is 2.98. The summed E-state index contributed by atoms with van der Waals surface area (Å²) in [7, 11) is 0. The Balaban J connectivity index is 1.62. The Morgan fingerprint density at radius 3 is 2.08 bits per heavy atom. The molecule has 6 heteroatoms. The number of carboxylic acid groups (broad SMARTS) is 2. The van der Waals surface area contributed by atoms with Gasteiger partial charge >= 0.3 is 11.9 Å². The summed E-state index contributed by atoms with van der Waals surface area (Å²) >= 11 is 0. The lowest BCUT2D eigenvalue weighted by Gasteiger charge is -2.71. The van der Waals surface area contributed by atoms with E-state index >= 15 is 0 Å². The van der Waals surface area contributed by atoms with Crippen molar-refractivity contribution in [3.05, 3.63) is 11.6 Å². The average Bonchev–Trinajstić information content (AvgIpc) is 2.77. The Bertz CT molecular complexity index is 1020. The molecule has 3 unspecified atom stereocenters. The van der Waals surface area contributed by atoms with Crippen molar-refractivity contribution < 1.29 is 30.0 Å². The Hall–Kier alpha value is -1.40. The van der Waals surface area contributed by atoms with Gasteiger partial charge in [-0.05, 0) is 104 Å². The lowest BCUT2D eigenvalue weighted by atomic mass is 9.33. The summed E-state index contributed by atoms with van der Waals surface area (Å²) in [4.78, 5) is 25.3. The van der Waals surface area contributed by atoms with Gasteiger partial charge in [0, 0.05) is 0 Å². The van der Waals surface area contributed by atoms with Gasteiger partial charge in [-0.3, -0.25) is 9.59 Å². The van der Waals surface area contributed by atoms with Gasteiger partial charge < -0.3 is 20.4 Å². The zero-order chi connectivity index (χ0) is 26.7. The molecular weight excluding hydrogens is 456 g/mol. The molecule has 202 valence electrons. The van der Waals surface area contributed by atoms with Crippen LogP contribution in [0.2, 0.25) is 0 Å². The minimum atomic E-state index is -1.39. The molecular formula is C30H46O6. The summed E-state index contributed by atoms with van der Waals surface area (Å²) in [5, 5.41) is 42.6. The summed E-state index contributed by atoms with van der Waals surface area (Å²) in [6, 6.07) is 0. The third-order valence-corrected chi connectivity index (χ3v) is 13.1. The normalized spacial score (nSPS) is 53.7. The topological polar surface area (TPSA) is 115 Å². The number of allylic oxidation sites excluding steroid dienone is 2. The summed E-state index contributed by atoms with van der Waals surface area (Å²) in [5.41, 5.74) is -1.36. The van der Waals surface area contributed by atoms with Gasteiger partial charge in [-0.25, -0.2) is 0 Å². The molecule has 4 fully saturated rings. The first kappa shape index (κ1) is 26.2. The molecule has 36 heavy (non-hydrogen) atoms. The highest BCUT2D eigenvalue weighted by atomic mass is 16.4. The van der Waals surface area contributed by atoms with Crippen molar-refractivity contribution in [2.24, 2.45) is 50.2 Å². The maximum absolute atomic E-state index is 12.8. The molecule has 0 aromatic carbocycles. The van der Waals surface area contributed by atoms with Crippen LogP contribution in [0.25, 0.3) is 0 Å². The van der Waals surface area contributed by atoms with Gasteiger partial charge in [0.1, 0.15) is 0 Å². The van der Waals surface area contributed by atoms with E-state index in [2.05, 4.69) is 40.7 Å². The highest BCUT2D eigenvalue weighted by Crippen LogP contribution is 2.75. The highest BCUT2D eigenvalue weighted by molar-refractivity contribution is 5.77. The molecule has 0 saturated heterocycles. The molecule has 0 aromatic rings. The number of fused-ring (bicyclic) bond motifs is 7. The lowest BCUT2D eigenvalue weighted by molar-refractivity contribution is -0.239. The maximum Gasteiger partial charge on any atom is 0.312 e. The number of hydrogen-bond acceptors (Lipinski definition) is 4. The number of aliphatic hydroxyl groups is 2. The smallest absolute Gasteiger partial charge is 0.312 e. The van der Waals surface area contributed by atoms with Crippen molar-refractivity contribution in [3.8, 4) is 0 Å². The van der Waals surface area contributed by atoms with Gasteiger partial charge in [0.2, 0.25) is 0 Å². The molecule has 0 heterocycles. The number of rotatable bonds is 2. The van der Waals surface area contributed by atoms with Gasteiger partial charge in [0.25, 0.3) is 0 Å². The first-order chi connectivity index (χ1) is 16.5. The Kier molecular flexibility index (Phi) is 5.53. The SMILES string of the molecule is CC1(C)CC[C@]2(C(=O)O)CC[C@]3(C)C(=CCC4[C@@]5(C)C[C@H](O)[C@H](O)[C@@](C)(C(=O)O)C5CC[C@]43C)C2C1. The zero-order valence-electron chi connectivity index (χ0n) is 22.9. The van der Waals surface area contributed by atoms with Crippen LogP contribution in [0.15, 0.2) is 11.6 Å². The number of hydrogen-bond donors (Lipinski definition) is 4. The van der Waals surface area contributed by atoms with Crippen LogP contribution in [0.4, 0.5) is 0 Å². The number of carbonyl (C=O) groups is 2. The second-order valence-corrected chi connectivity index (χ2v) is 15.0. The Labute approximate surface area is 215 Å². The summed E-state index contributed by atoms with van der Waals surface area (Å²) < 4.78 is 0. The van der Waals surface area contributed by atoms with Crippen LogP contribution < -0.4 is 0 Å². The molecule has 0 radical (unpaired) electrons. The fourth-order valence-electron chi connectivity index (χ4n) is 10.7. The number of aliphatic hydroxyl groups excluding tert-OH is 2. The van der Waals surface area contributed by atoms with E-state index in [1.54, 1.807) is 6.92 Å². The zero-order valence-corrected chi connectivity index (χ0v) is 22.9. The predicted molar refractivity (Wildman–Crippen MR) is 136 cm³/mol. The van der Waals surface area contributed by atoms with E-state index in [4.69, 9.17) is 0 Å². The number of aliphatic carboxylic acids is 2. The largest absolute Gasteiger partial charge is 0.481 e. The van der Waals surface area contributed by atoms with E-state index in [0.717, 1.165) is 38.5 Å². The molecule has 5 aliphatic rings. The van der Waals surface area contributed by atoms with Crippen LogP contribution in [0, 0.1) is 50.2 Å². The predicted octanol–water partition coefficient (Wildman–Crippen LogP) is 5.27. The summed E-state index contributed by atoms with van der Waals surface area (Å²) in [6.07, 6.45) is 6.80. The first-order valence-electron chi connectivity index (χ1n) is 14.0. The quantitative estimate of drug-likeness (QED) is 0.383. The third-order valence-electron chi connectivity index (χ3n) is 13.1. The maximum atomic E-state index is 12.8. The molecule has 0 aromatic heterocycles. The second-order valence-electron chi connectivity index (χ2n) is 15.0. The average molecular weight is 503 g/mol. The summed E-state index contributed by atoms with van der Waals surface area (Å²) in [6.45, 7) is 13.0. The molecule has 10 atom stereocenters. The van der Waals surface area contributed by atoms with Crippen molar-refractivity contribution >= 4 is 11.9 Å². The fourth-order valence-corrected chi connectivity index (χ4v) is 10.7. The van der Waals surface area contributed by atoms with Gasteiger partial charge in [-0.1, -0.05) is 46.3 Å². The fraction of sp³-hybridized carbons (Fsp3) is 0.867. The van der Waals surface area contributed by atoms with Gasteiger partial charge in [-0.2, -0.15) is 0 Å². The van der Waals surface area contributed by atoms with E-state index in [0.29, 0.717) is 19.3 Å². The van der Waals surface area contributed by atoms with Crippen LogP contribution in [0.5, 0.6) is 0 Å². The lowest BCUT2D eigenvalue weighted by Crippen LogP contribution is -2.68. The van der Waals surface area contributed by atoms with E-state index in [9.17, 15) is 30.0 Å². The second kappa shape index (κ2) is 7.59. The van der Waals surface area contributed by atoms with E-state index in [1.807, 2.05) is 0 Å².